The first-order valence-corrected chi connectivity index (χ1v) is 8.65. The first-order chi connectivity index (χ1) is 12.2. The van der Waals surface area contributed by atoms with Gasteiger partial charge in [0.05, 0.1) is 18.1 Å². The van der Waals surface area contributed by atoms with E-state index in [2.05, 4.69) is 15.6 Å². The summed E-state index contributed by atoms with van der Waals surface area (Å²) in [4.78, 5) is 39.3. The molecule has 0 aromatic carbocycles. The number of aliphatic imine (C=N–C) groups is 1. The van der Waals surface area contributed by atoms with Crippen LogP contribution in [0.4, 0.5) is 9.59 Å². The zero-order valence-electron chi connectivity index (χ0n) is 16.5. The van der Waals surface area contributed by atoms with Gasteiger partial charge >= 0.3 is 18.2 Å². The summed E-state index contributed by atoms with van der Waals surface area (Å²) < 4.78 is 10.3. The number of amides is 2. The van der Waals surface area contributed by atoms with E-state index in [0.29, 0.717) is 0 Å². The Kier molecular flexibility index (Phi) is 7.18. The van der Waals surface area contributed by atoms with Crippen molar-refractivity contribution in [1.82, 2.24) is 10.6 Å². The minimum Gasteiger partial charge on any atom is -0.481 e. The predicted molar refractivity (Wildman–Crippen MR) is 96.3 cm³/mol. The first-order valence-electron chi connectivity index (χ1n) is 8.65. The van der Waals surface area contributed by atoms with Crippen LogP contribution >= 0.6 is 0 Å². The normalized spacial score (nSPS) is 22.6. The maximum Gasteiger partial charge on any atom is 0.414 e. The van der Waals surface area contributed by atoms with Crippen LogP contribution in [-0.2, 0) is 14.3 Å². The van der Waals surface area contributed by atoms with Crippen LogP contribution in [0, 0.1) is 5.92 Å². The van der Waals surface area contributed by atoms with Crippen molar-refractivity contribution in [3.8, 4) is 0 Å². The summed E-state index contributed by atoms with van der Waals surface area (Å²) in [6.07, 6.45) is -2.57. The number of aliphatic hydroxyl groups excluding tert-OH is 1. The highest BCUT2D eigenvalue weighted by atomic mass is 16.6. The summed E-state index contributed by atoms with van der Waals surface area (Å²) >= 11 is 0. The molecule has 3 unspecified atom stereocenters. The van der Waals surface area contributed by atoms with Gasteiger partial charge in [0.1, 0.15) is 11.2 Å². The van der Waals surface area contributed by atoms with Crippen LogP contribution in [0.5, 0.6) is 0 Å². The van der Waals surface area contributed by atoms with E-state index in [4.69, 9.17) is 14.6 Å². The number of hydrogen-bond donors (Lipinski definition) is 4. The molecule has 1 fully saturated rings. The molecule has 0 aromatic heterocycles. The second kappa shape index (κ2) is 8.55. The molecular weight excluding hydrogens is 358 g/mol. The number of nitrogens with zero attached hydrogens (tertiary/aromatic N) is 1. The molecule has 10 nitrogen and oxygen atoms in total. The Bertz CT molecular complexity index is 573. The summed E-state index contributed by atoms with van der Waals surface area (Å²) in [5.74, 6) is -2.31. The number of ether oxygens (including phenoxy) is 2. The number of carboxylic acids is 1. The molecule has 0 radical (unpaired) electrons. The molecular formula is C17H29N3O7. The molecule has 0 spiro atoms. The Morgan fingerprint density at radius 3 is 1.70 bits per heavy atom. The van der Waals surface area contributed by atoms with Crippen molar-refractivity contribution in [1.29, 1.82) is 0 Å². The van der Waals surface area contributed by atoms with Crippen LogP contribution < -0.4 is 10.6 Å². The minimum atomic E-state index is -1.12. The predicted octanol–water partition coefficient (Wildman–Crippen LogP) is 1.62. The average molecular weight is 387 g/mol. The van der Waals surface area contributed by atoms with Gasteiger partial charge in [0.25, 0.3) is 0 Å². The molecule has 154 valence electrons. The smallest absolute Gasteiger partial charge is 0.414 e. The molecule has 10 heteroatoms. The van der Waals surface area contributed by atoms with Crippen molar-refractivity contribution in [3.05, 3.63) is 0 Å². The Hall–Kier alpha value is -2.36. The molecule has 2 amide bonds. The number of aliphatic hydroxyl groups is 1. The molecule has 1 rings (SSSR count). The van der Waals surface area contributed by atoms with Gasteiger partial charge in [0.15, 0.2) is 0 Å². The fraction of sp³-hybridized carbons (Fsp3) is 0.765. The van der Waals surface area contributed by atoms with Gasteiger partial charge in [-0.1, -0.05) is 0 Å². The van der Waals surface area contributed by atoms with Gasteiger partial charge in [-0.2, -0.15) is 0 Å². The van der Waals surface area contributed by atoms with Gasteiger partial charge < -0.3 is 19.7 Å². The van der Waals surface area contributed by atoms with Crippen LogP contribution in [0.15, 0.2) is 4.99 Å². The molecule has 1 aliphatic carbocycles. The van der Waals surface area contributed by atoms with Crippen molar-refractivity contribution < 1.29 is 34.1 Å². The molecule has 3 atom stereocenters. The van der Waals surface area contributed by atoms with Gasteiger partial charge in [-0.3, -0.25) is 15.4 Å². The van der Waals surface area contributed by atoms with Crippen LogP contribution in [0.3, 0.4) is 0 Å². The standard InChI is InChI=1S/C17H29N3O7/c1-16(2,3)26-14(24)19-13(20-15(25)27-17(4,5)6)18-9-7-10(12(22)23)11(21)8-9/h9-11,21H,7-8H2,1-6H3,(H,22,23)(H2,18,19,20,24,25). The van der Waals surface area contributed by atoms with E-state index in [1.54, 1.807) is 41.5 Å². The summed E-state index contributed by atoms with van der Waals surface area (Å²) in [5, 5.41) is 23.6. The Morgan fingerprint density at radius 1 is 0.926 bits per heavy atom. The lowest BCUT2D eigenvalue weighted by Crippen LogP contribution is -2.47. The van der Waals surface area contributed by atoms with Crippen molar-refractivity contribution in [3.63, 3.8) is 0 Å². The Labute approximate surface area is 158 Å². The molecule has 0 saturated heterocycles. The minimum absolute atomic E-state index is 0.0754. The molecule has 1 saturated carbocycles. The molecule has 0 aromatic rings. The highest BCUT2D eigenvalue weighted by molar-refractivity contribution is 6.01. The zero-order valence-corrected chi connectivity index (χ0v) is 16.5. The summed E-state index contributed by atoms with van der Waals surface area (Å²) in [7, 11) is 0. The SMILES string of the molecule is CC(C)(C)OC(=O)NC(=NC1CC(O)C(C(=O)O)C1)NC(=O)OC(C)(C)C. The van der Waals surface area contributed by atoms with E-state index in [1.807, 2.05) is 0 Å². The quantitative estimate of drug-likeness (QED) is 0.416. The molecule has 1 aliphatic rings. The summed E-state index contributed by atoms with van der Waals surface area (Å²) in [5.41, 5.74) is -1.53. The maximum atomic E-state index is 12.0. The molecule has 0 bridgehead atoms. The fourth-order valence-electron chi connectivity index (χ4n) is 2.44. The van der Waals surface area contributed by atoms with Gasteiger partial charge in [-0.25, -0.2) is 14.6 Å². The van der Waals surface area contributed by atoms with Crippen LogP contribution in [-0.4, -0.2) is 57.7 Å². The van der Waals surface area contributed by atoms with E-state index < -0.39 is 47.4 Å². The number of carbonyl (C=O) groups excluding carboxylic acids is 2. The van der Waals surface area contributed by atoms with Crippen LogP contribution in [0.25, 0.3) is 0 Å². The fourth-order valence-corrected chi connectivity index (χ4v) is 2.44. The number of guanidine groups is 1. The summed E-state index contributed by atoms with van der Waals surface area (Å²) in [6, 6.07) is -0.596. The molecule has 0 aliphatic heterocycles. The van der Waals surface area contributed by atoms with E-state index in [-0.39, 0.29) is 18.8 Å². The number of nitrogens with one attached hydrogen (secondary N) is 2. The topological polar surface area (TPSA) is 147 Å². The third kappa shape index (κ3) is 8.72. The van der Waals surface area contributed by atoms with Crippen LogP contribution in [0.1, 0.15) is 54.4 Å². The van der Waals surface area contributed by atoms with Gasteiger partial charge in [0, 0.05) is 0 Å². The average Bonchev–Trinajstić information content (AvgIpc) is 2.74. The number of rotatable bonds is 2. The highest BCUT2D eigenvalue weighted by Gasteiger charge is 2.38. The lowest BCUT2D eigenvalue weighted by atomic mass is 10.1. The van der Waals surface area contributed by atoms with Crippen molar-refractivity contribution in [2.75, 3.05) is 0 Å². The summed E-state index contributed by atoms with van der Waals surface area (Å²) in [6.45, 7) is 10.1. The van der Waals surface area contributed by atoms with Crippen molar-refractivity contribution >= 4 is 24.1 Å². The lowest BCUT2D eigenvalue weighted by Gasteiger charge is -2.22. The van der Waals surface area contributed by atoms with Gasteiger partial charge in [-0.05, 0) is 54.4 Å². The van der Waals surface area contributed by atoms with E-state index in [0.717, 1.165) is 0 Å². The van der Waals surface area contributed by atoms with E-state index >= 15 is 0 Å². The van der Waals surface area contributed by atoms with E-state index in [1.165, 1.54) is 0 Å². The number of hydrogen-bond acceptors (Lipinski definition) is 7. The second-order valence-electron chi connectivity index (χ2n) is 8.37. The first kappa shape index (κ1) is 22.7. The third-order valence-corrected chi connectivity index (χ3v) is 3.37. The lowest BCUT2D eigenvalue weighted by molar-refractivity contribution is -0.144. The monoisotopic (exact) mass is 387 g/mol. The number of alkyl carbamates (subject to hydrolysis) is 2. The maximum absolute atomic E-state index is 12.0. The number of carboxylic acid groups (broad SMARTS) is 1. The third-order valence-electron chi connectivity index (χ3n) is 3.37. The van der Waals surface area contributed by atoms with E-state index in [9.17, 15) is 19.5 Å². The largest absolute Gasteiger partial charge is 0.481 e. The molecule has 27 heavy (non-hydrogen) atoms. The van der Waals surface area contributed by atoms with Crippen molar-refractivity contribution in [2.24, 2.45) is 10.9 Å². The van der Waals surface area contributed by atoms with Gasteiger partial charge in [0.2, 0.25) is 5.96 Å². The molecule has 0 heterocycles. The second-order valence-corrected chi connectivity index (χ2v) is 8.37. The van der Waals surface area contributed by atoms with Crippen molar-refractivity contribution in [2.45, 2.75) is 77.7 Å². The molecule has 4 N–H and O–H groups in total. The van der Waals surface area contributed by atoms with Crippen LogP contribution in [0.2, 0.25) is 0 Å². The zero-order chi connectivity index (χ0) is 21.0. The van der Waals surface area contributed by atoms with Gasteiger partial charge in [-0.15, -0.1) is 0 Å². The number of aliphatic carboxylic acids is 1. The highest BCUT2D eigenvalue weighted by Crippen LogP contribution is 2.28. The Balaban J connectivity index is 2.91. The Morgan fingerprint density at radius 2 is 1.37 bits per heavy atom. The number of carbonyl (C=O) groups is 3.